The Balaban J connectivity index is 2.13. The molecule has 0 spiro atoms. The van der Waals surface area contributed by atoms with Crippen LogP contribution in [-0.4, -0.2) is 25.7 Å². The van der Waals surface area contributed by atoms with Crippen LogP contribution in [-0.2, 0) is 10.9 Å². The lowest BCUT2D eigenvalue weighted by molar-refractivity contribution is 0.412. The third-order valence-corrected chi connectivity index (χ3v) is 6.50. The molecule has 3 heteroatoms. The van der Waals surface area contributed by atoms with E-state index in [1.165, 1.54) is 46.4 Å². The number of rotatable bonds is 3. The van der Waals surface area contributed by atoms with Crippen molar-refractivity contribution in [3.63, 3.8) is 0 Å². The van der Waals surface area contributed by atoms with Crippen molar-refractivity contribution < 1.29 is 9.47 Å². The van der Waals surface area contributed by atoms with Gasteiger partial charge in [-0.3, -0.25) is 0 Å². The van der Waals surface area contributed by atoms with Crippen LogP contribution in [0.2, 0.25) is 0 Å². The van der Waals surface area contributed by atoms with Crippen molar-refractivity contribution in [3.05, 3.63) is 30.3 Å². The predicted molar refractivity (Wildman–Crippen MR) is 86.3 cm³/mol. The van der Waals surface area contributed by atoms with Crippen molar-refractivity contribution in [2.45, 2.75) is 24.2 Å². The zero-order valence-corrected chi connectivity index (χ0v) is 13.0. The second kappa shape index (κ2) is 5.96. The monoisotopic (exact) mass is 289 g/mol. The lowest BCUT2D eigenvalue weighted by atomic mass is 10.1. The Hall–Kier alpha value is -1.35. The number of methoxy groups -OCH3 is 2. The fraction of sp³-hybridized carbons (Fsp3) is 0.412. The molecule has 0 atom stereocenters. The van der Waals surface area contributed by atoms with E-state index in [4.69, 9.17) is 9.47 Å². The molecule has 1 aliphatic rings. The highest BCUT2D eigenvalue weighted by atomic mass is 32.2. The van der Waals surface area contributed by atoms with Gasteiger partial charge >= 0.3 is 0 Å². The molecule has 20 heavy (non-hydrogen) atoms. The van der Waals surface area contributed by atoms with Crippen LogP contribution < -0.4 is 9.47 Å². The van der Waals surface area contributed by atoms with Gasteiger partial charge in [-0.05, 0) is 49.6 Å². The van der Waals surface area contributed by atoms with E-state index >= 15 is 0 Å². The molecule has 1 fully saturated rings. The van der Waals surface area contributed by atoms with Crippen molar-refractivity contribution in [2.24, 2.45) is 0 Å². The largest absolute Gasteiger partial charge is 0.497 e. The summed E-state index contributed by atoms with van der Waals surface area (Å²) in [6, 6.07) is 10.7. The topological polar surface area (TPSA) is 18.5 Å². The minimum atomic E-state index is 0.402. The van der Waals surface area contributed by atoms with Gasteiger partial charge in [-0.25, -0.2) is 0 Å². The molecular weight excluding hydrogens is 268 g/mol. The average molecular weight is 289 g/mol. The molecule has 1 saturated heterocycles. The first-order chi connectivity index (χ1) is 9.83. The van der Waals surface area contributed by atoms with Gasteiger partial charge < -0.3 is 9.47 Å². The van der Waals surface area contributed by atoms with Crippen molar-refractivity contribution in [2.75, 3.05) is 25.7 Å². The Morgan fingerprint density at radius 3 is 2.35 bits per heavy atom. The predicted octanol–water partition coefficient (Wildman–Crippen LogP) is 4.02. The summed E-state index contributed by atoms with van der Waals surface area (Å²) in [5.74, 6) is 4.50. The minimum absolute atomic E-state index is 0.402. The SMILES string of the molecule is COc1ccc2c([S+]3CCCCC3)ccc(OC)c2c1. The zero-order chi connectivity index (χ0) is 13.9. The van der Waals surface area contributed by atoms with Gasteiger partial charge in [0.15, 0.2) is 4.90 Å². The Morgan fingerprint density at radius 2 is 1.65 bits per heavy atom. The van der Waals surface area contributed by atoms with Crippen molar-refractivity contribution >= 4 is 21.7 Å². The number of hydrogen-bond donors (Lipinski definition) is 0. The van der Waals surface area contributed by atoms with Crippen LogP contribution in [0.1, 0.15) is 19.3 Å². The van der Waals surface area contributed by atoms with Crippen molar-refractivity contribution in [3.8, 4) is 11.5 Å². The summed E-state index contributed by atoms with van der Waals surface area (Å²) in [6.07, 6.45) is 4.13. The molecule has 1 aliphatic heterocycles. The maximum absolute atomic E-state index is 5.52. The molecule has 2 aromatic carbocycles. The number of ether oxygens (including phenoxy) is 2. The smallest absolute Gasteiger partial charge is 0.162 e. The molecule has 3 rings (SSSR count). The van der Waals surface area contributed by atoms with Gasteiger partial charge in [0.25, 0.3) is 0 Å². The van der Waals surface area contributed by atoms with Crippen LogP contribution in [0, 0.1) is 0 Å². The number of benzene rings is 2. The molecule has 0 bridgehead atoms. The van der Waals surface area contributed by atoms with E-state index in [1.807, 2.05) is 0 Å². The zero-order valence-electron chi connectivity index (χ0n) is 12.1. The summed E-state index contributed by atoms with van der Waals surface area (Å²) < 4.78 is 10.9. The summed E-state index contributed by atoms with van der Waals surface area (Å²) in [4.78, 5) is 1.50. The van der Waals surface area contributed by atoms with Gasteiger partial charge in [-0.1, -0.05) is 0 Å². The highest BCUT2D eigenvalue weighted by molar-refractivity contribution is 7.97. The second-order valence-electron chi connectivity index (χ2n) is 5.14. The van der Waals surface area contributed by atoms with Crippen LogP contribution in [0.25, 0.3) is 10.8 Å². The Labute approximate surface area is 123 Å². The maximum Gasteiger partial charge on any atom is 0.162 e. The molecule has 2 nitrogen and oxygen atoms in total. The van der Waals surface area contributed by atoms with Gasteiger partial charge in [0.05, 0.1) is 14.2 Å². The summed E-state index contributed by atoms with van der Waals surface area (Å²) in [5, 5.41) is 2.50. The van der Waals surface area contributed by atoms with E-state index in [1.54, 1.807) is 14.2 Å². The van der Waals surface area contributed by atoms with Crippen molar-refractivity contribution in [1.82, 2.24) is 0 Å². The quantitative estimate of drug-likeness (QED) is 0.795. The van der Waals surface area contributed by atoms with Crippen molar-refractivity contribution in [1.29, 1.82) is 0 Å². The maximum atomic E-state index is 5.52. The lowest BCUT2D eigenvalue weighted by Gasteiger charge is -2.16. The summed E-state index contributed by atoms with van der Waals surface area (Å²) in [5.41, 5.74) is 0. The third kappa shape index (κ3) is 2.47. The fourth-order valence-electron chi connectivity index (χ4n) is 2.88. The Bertz CT molecular complexity index is 603. The number of hydrogen-bond acceptors (Lipinski definition) is 2. The molecule has 1 heterocycles. The lowest BCUT2D eigenvalue weighted by Crippen LogP contribution is -2.17. The standard InChI is InChI=1S/C17H21O2S/c1-18-13-6-7-14-15(12-13)16(19-2)8-9-17(14)20-10-4-3-5-11-20/h6-9,12H,3-5,10-11H2,1-2H3/q+1. The third-order valence-electron chi connectivity index (χ3n) is 3.96. The van der Waals surface area contributed by atoms with Crippen LogP contribution in [0.5, 0.6) is 11.5 Å². The molecule has 106 valence electrons. The van der Waals surface area contributed by atoms with E-state index in [-0.39, 0.29) is 0 Å². The highest BCUT2D eigenvalue weighted by Crippen LogP contribution is 2.36. The van der Waals surface area contributed by atoms with E-state index in [0.29, 0.717) is 10.9 Å². The van der Waals surface area contributed by atoms with E-state index in [2.05, 4.69) is 30.3 Å². The fourth-order valence-corrected chi connectivity index (χ4v) is 5.38. The summed E-state index contributed by atoms with van der Waals surface area (Å²) in [6.45, 7) is 0. The molecule has 0 amide bonds. The van der Waals surface area contributed by atoms with Gasteiger partial charge in [0.1, 0.15) is 23.0 Å². The molecule has 0 unspecified atom stereocenters. The van der Waals surface area contributed by atoms with E-state index in [0.717, 1.165) is 11.5 Å². The van der Waals surface area contributed by atoms with Gasteiger partial charge in [0.2, 0.25) is 0 Å². The summed E-state index contributed by atoms with van der Waals surface area (Å²) >= 11 is 0. The molecule has 0 aliphatic carbocycles. The van der Waals surface area contributed by atoms with Gasteiger partial charge in [-0.2, -0.15) is 0 Å². The normalized spacial score (nSPS) is 16.3. The highest BCUT2D eigenvalue weighted by Gasteiger charge is 2.27. The van der Waals surface area contributed by atoms with E-state index in [9.17, 15) is 0 Å². The molecule has 0 N–H and O–H groups in total. The molecule has 2 aromatic rings. The summed E-state index contributed by atoms with van der Waals surface area (Å²) in [7, 11) is 3.84. The average Bonchev–Trinajstić information content (AvgIpc) is 2.54. The first-order valence-corrected chi connectivity index (χ1v) is 8.72. The Kier molecular flexibility index (Phi) is 4.06. The molecule has 0 radical (unpaired) electrons. The van der Waals surface area contributed by atoms with Crippen LogP contribution in [0.3, 0.4) is 0 Å². The number of fused-ring (bicyclic) bond motifs is 1. The van der Waals surface area contributed by atoms with Crippen LogP contribution >= 0.6 is 0 Å². The van der Waals surface area contributed by atoms with Gasteiger partial charge in [0, 0.05) is 21.7 Å². The van der Waals surface area contributed by atoms with Gasteiger partial charge in [-0.15, -0.1) is 0 Å². The first kappa shape index (κ1) is 13.6. The van der Waals surface area contributed by atoms with E-state index < -0.39 is 0 Å². The van der Waals surface area contributed by atoms with Crippen LogP contribution in [0.15, 0.2) is 35.2 Å². The first-order valence-electron chi connectivity index (χ1n) is 7.15. The second-order valence-corrected chi connectivity index (χ2v) is 7.38. The van der Waals surface area contributed by atoms with Crippen LogP contribution in [0.4, 0.5) is 0 Å². The molecule has 0 aromatic heterocycles. The Morgan fingerprint density at radius 1 is 0.850 bits per heavy atom. The molecular formula is C17H21O2S+. The minimum Gasteiger partial charge on any atom is -0.497 e. The molecule has 0 saturated carbocycles.